The van der Waals surface area contributed by atoms with Crippen LogP contribution in [0.2, 0.25) is 0 Å². The van der Waals surface area contributed by atoms with Crippen LogP contribution in [0.3, 0.4) is 0 Å². The van der Waals surface area contributed by atoms with Crippen LogP contribution in [0.5, 0.6) is 0 Å². The number of carbonyl (C=O) groups is 1. The van der Waals surface area contributed by atoms with E-state index in [4.69, 9.17) is 4.74 Å². The highest BCUT2D eigenvalue weighted by molar-refractivity contribution is 14.1. The number of halogens is 1. The molecular formula is C9H19INO2+. The predicted molar refractivity (Wildman–Crippen MR) is 61.9 cm³/mol. The highest BCUT2D eigenvalue weighted by Gasteiger charge is 2.14. The van der Waals surface area contributed by atoms with E-state index in [9.17, 15) is 4.79 Å². The first-order valence-electron chi connectivity index (χ1n) is 4.40. The minimum atomic E-state index is -0.0807. The van der Waals surface area contributed by atoms with Crippen molar-refractivity contribution >= 4 is 28.6 Å². The molecule has 1 atom stereocenters. The van der Waals surface area contributed by atoms with E-state index < -0.39 is 0 Å². The fourth-order valence-electron chi connectivity index (χ4n) is 0.625. The summed E-state index contributed by atoms with van der Waals surface area (Å²) in [6.07, 6.45) is 0. The molecule has 78 valence electrons. The maximum absolute atomic E-state index is 11.2. The summed E-state index contributed by atoms with van der Waals surface area (Å²) in [6, 6.07) is 0. The zero-order chi connectivity index (χ0) is 10.5. The Labute approximate surface area is 94.2 Å². The Hall–Kier alpha value is 0.160. The molecule has 0 aliphatic carbocycles. The van der Waals surface area contributed by atoms with Crippen LogP contribution in [-0.4, -0.2) is 49.2 Å². The van der Waals surface area contributed by atoms with Crippen LogP contribution < -0.4 is 0 Å². The molecule has 0 aliphatic rings. The lowest BCUT2D eigenvalue weighted by Crippen LogP contribution is -2.38. The van der Waals surface area contributed by atoms with Gasteiger partial charge in [-0.05, 0) is 0 Å². The predicted octanol–water partition coefficient (Wildman–Crippen LogP) is 1.31. The molecule has 0 radical (unpaired) electrons. The van der Waals surface area contributed by atoms with E-state index in [2.05, 4.69) is 43.7 Å². The van der Waals surface area contributed by atoms with Crippen molar-refractivity contribution in [1.29, 1.82) is 0 Å². The van der Waals surface area contributed by atoms with Gasteiger partial charge in [0.25, 0.3) is 0 Å². The van der Waals surface area contributed by atoms with E-state index in [1.54, 1.807) is 0 Å². The third-order valence-corrected chi connectivity index (χ3v) is 2.96. The molecule has 0 aromatic heterocycles. The lowest BCUT2D eigenvalue weighted by Gasteiger charge is -2.23. The summed E-state index contributed by atoms with van der Waals surface area (Å²) >= 11 is 2.19. The van der Waals surface area contributed by atoms with Gasteiger partial charge in [-0.25, -0.2) is 0 Å². The van der Waals surface area contributed by atoms with E-state index in [0.29, 0.717) is 6.61 Å². The molecule has 0 saturated heterocycles. The zero-order valence-corrected chi connectivity index (χ0v) is 11.0. The van der Waals surface area contributed by atoms with Gasteiger partial charge in [-0.15, -0.1) is 0 Å². The number of likely N-dealkylation sites (N-methyl/N-ethyl adjacent to an activating group) is 1. The van der Waals surface area contributed by atoms with Crippen LogP contribution in [0.15, 0.2) is 0 Å². The smallest absolute Gasteiger partial charge is 0.309 e. The number of rotatable bonds is 5. The third-order valence-electron chi connectivity index (χ3n) is 1.64. The fourth-order valence-corrected chi connectivity index (χ4v) is 0.985. The van der Waals surface area contributed by atoms with Crippen LogP contribution >= 0.6 is 22.6 Å². The van der Waals surface area contributed by atoms with E-state index in [1.807, 2.05) is 6.92 Å². The second-order valence-corrected chi connectivity index (χ2v) is 5.12. The first-order chi connectivity index (χ1) is 5.87. The van der Waals surface area contributed by atoms with Gasteiger partial charge in [-0.3, -0.25) is 4.79 Å². The van der Waals surface area contributed by atoms with Crippen LogP contribution in [0.1, 0.15) is 6.92 Å². The van der Waals surface area contributed by atoms with Crippen molar-refractivity contribution in [2.75, 3.05) is 38.7 Å². The normalized spacial score (nSPS) is 13.9. The van der Waals surface area contributed by atoms with Gasteiger partial charge in [0.2, 0.25) is 0 Å². The average molecular weight is 300 g/mol. The van der Waals surface area contributed by atoms with Crippen LogP contribution in [0, 0.1) is 5.92 Å². The minimum Gasteiger partial charge on any atom is -0.459 e. The molecule has 0 heterocycles. The SMILES string of the molecule is CC(CI)C(=O)OCC[N+](C)(C)C. The highest BCUT2D eigenvalue weighted by Crippen LogP contribution is 2.03. The molecule has 13 heavy (non-hydrogen) atoms. The number of hydrogen-bond acceptors (Lipinski definition) is 2. The summed E-state index contributed by atoms with van der Waals surface area (Å²) in [7, 11) is 6.24. The van der Waals surface area contributed by atoms with Gasteiger partial charge >= 0.3 is 5.97 Å². The number of hydrogen-bond donors (Lipinski definition) is 0. The minimum absolute atomic E-state index is 0.0214. The molecule has 0 rings (SSSR count). The molecule has 0 aromatic carbocycles. The Balaban J connectivity index is 3.60. The number of quaternary nitrogens is 1. The lowest BCUT2D eigenvalue weighted by atomic mass is 10.2. The van der Waals surface area contributed by atoms with Gasteiger partial charge in [0.05, 0.1) is 27.1 Å². The number of esters is 1. The Bertz CT molecular complexity index is 165. The van der Waals surface area contributed by atoms with Gasteiger partial charge in [0.15, 0.2) is 0 Å². The standard InChI is InChI=1S/C9H19INO2/c1-8(7-10)9(12)13-6-5-11(2,3)4/h8H,5-7H2,1-4H3/q+1. The van der Waals surface area contributed by atoms with Crippen molar-refractivity contribution in [1.82, 2.24) is 0 Å². The second-order valence-electron chi connectivity index (χ2n) is 4.24. The van der Waals surface area contributed by atoms with Crippen molar-refractivity contribution < 1.29 is 14.0 Å². The maximum atomic E-state index is 11.2. The highest BCUT2D eigenvalue weighted by atomic mass is 127. The molecule has 4 heteroatoms. The summed E-state index contributed by atoms with van der Waals surface area (Å²) in [5.74, 6) is -0.0593. The zero-order valence-electron chi connectivity index (χ0n) is 8.84. The number of alkyl halides is 1. The quantitative estimate of drug-likeness (QED) is 0.331. The largest absolute Gasteiger partial charge is 0.459 e. The van der Waals surface area contributed by atoms with Crippen LogP contribution in [0.25, 0.3) is 0 Å². The molecule has 1 unspecified atom stereocenters. The molecule has 0 aliphatic heterocycles. The van der Waals surface area contributed by atoms with Crippen LogP contribution in [-0.2, 0) is 9.53 Å². The summed E-state index contributed by atoms with van der Waals surface area (Å²) in [5.41, 5.74) is 0. The fraction of sp³-hybridized carbons (Fsp3) is 0.889. The maximum Gasteiger partial charge on any atom is 0.309 e. The number of carbonyl (C=O) groups excluding carboxylic acids is 1. The lowest BCUT2D eigenvalue weighted by molar-refractivity contribution is -0.870. The second kappa shape index (κ2) is 5.80. The van der Waals surface area contributed by atoms with Gasteiger partial charge < -0.3 is 9.22 Å². The number of ether oxygens (including phenoxy) is 1. The Morgan fingerprint density at radius 3 is 2.38 bits per heavy atom. The topological polar surface area (TPSA) is 26.3 Å². The Morgan fingerprint density at radius 1 is 1.46 bits per heavy atom. The molecule has 0 aromatic rings. The molecule has 0 N–H and O–H groups in total. The molecule has 0 bridgehead atoms. The van der Waals surface area contributed by atoms with E-state index >= 15 is 0 Å². The average Bonchev–Trinajstić information content (AvgIpc) is 2.00. The van der Waals surface area contributed by atoms with E-state index in [-0.39, 0.29) is 11.9 Å². The number of nitrogens with zero attached hydrogens (tertiary/aromatic N) is 1. The molecule has 0 saturated carbocycles. The molecule has 0 spiro atoms. The first kappa shape index (κ1) is 13.2. The van der Waals surface area contributed by atoms with Crippen LogP contribution in [0.4, 0.5) is 0 Å². The van der Waals surface area contributed by atoms with Gasteiger partial charge in [0, 0.05) is 4.43 Å². The van der Waals surface area contributed by atoms with Crippen molar-refractivity contribution in [3.05, 3.63) is 0 Å². The van der Waals surface area contributed by atoms with Gasteiger partial charge in [-0.1, -0.05) is 29.5 Å². The summed E-state index contributed by atoms with van der Waals surface area (Å²) in [4.78, 5) is 11.2. The summed E-state index contributed by atoms with van der Waals surface area (Å²) in [6.45, 7) is 3.27. The van der Waals surface area contributed by atoms with Gasteiger partial charge in [0.1, 0.15) is 13.2 Å². The van der Waals surface area contributed by atoms with Gasteiger partial charge in [-0.2, -0.15) is 0 Å². The van der Waals surface area contributed by atoms with Crippen molar-refractivity contribution in [2.24, 2.45) is 5.92 Å². The van der Waals surface area contributed by atoms with E-state index in [0.717, 1.165) is 15.5 Å². The third kappa shape index (κ3) is 7.25. The molecule has 3 nitrogen and oxygen atoms in total. The first-order valence-corrected chi connectivity index (χ1v) is 5.92. The Kier molecular flexibility index (Phi) is 5.87. The summed E-state index contributed by atoms with van der Waals surface area (Å²) < 4.78 is 6.76. The molecule has 0 fully saturated rings. The van der Waals surface area contributed by atoms with Crippen molar-refractivity contribution in [3.8, 4) is 0 Å². The van der Waals surface area contributed by atoms with Crippen molar-refractivity contribution in [3.63, 3.8) is 0 Å². The molecular weight excluding hydrogens is 281 g/mol. The molecule has 0 amide bonds. The monoisotopic (exact) mass is 300 g/mol. The summed E-state index contributed by atoms with van der Waals surface area (Å²) in [5, 5.41) is 0. The van der Waals surface area contributed by atoms with E-state index in [1.165, 1.54) is 0 Å². The van der Waals surface area contributed by atoms with Crippen molar-refractivity contribution in [2.45, 2.75) is 6.92 Å². The Morgan fingerprint density at radius 2 is 2.00 bits per heavy atom.